The number of hydrogen-bond acceptors (Lipinski definition) is 2. The lowest BCUT2D eigenvalue weighted by molar-refractivity contribution is -0.121. The second kappa shape index (κ2) is 8.70. The van der Waals surface area contributed by atoms with Gasteiger partial charge >= 0.3 is 0 Å². The van der Waals surface area contributed by atoms with E-state index in [1.54, 1.807) is 0 Å². The van der Waals surface area contributed by atoms with Crippen LogP contribution in [0.2, 0.25) is 0 Å². The summed E-state index contributed by atoms with van der Waals surface area (Å²) in [6, 6.07) is 10.3. The Kier molecular flexibility index (Phi) is 7.19. The molecule has 3 nitrogen and oxygen atoms in total. The van der Waals surface area contributed by atoms with Crippen LogP contribution in [0, 0.1) is 5.92 Å². The Bertz CT molecular complexity index is 364. The molecule has 2 atom stereocenters. The van der Waals surface area contributed by atoms with Gasteiger partial charge in [0.1, 0.15) is 0 Å². The number of aliphatic hydroxyl groups is 1. The third-order valence-corrected chi connectivity index (χ3v) is 3.44. The van der Waals surface area contributed by atoms with Crippen molar-refractivity contribution in [1.29, 1.82) is 0 Å². The predicted molar refractivity (Wildman–Crippen MR) is 78.0 cm³/mol. The molecular formula is C16H25NO2. The van der Waals surface area contributed by atoms with Crippen LogP contribution in [0.15, 0.2) is 30.3 Å². The van der Waals surface area contributed by atoms with E-state index in [2.05, 4.69) is 24.4 Å². The van der Waals surface area contributed by atoms with Gasteiger partial charge < -0.3 is 10.4 Å². The SMILES string of the molecule is CC(CCO)CNC(=O)CCC(C)c1ccccc1. The molecule has 0 fully saturated rings. The molecule has 0 aromatic heterocycles. The zero-order valence-electron chi connectivity index (χ0n) is 11.9. The fourth-order valence-corrected chi connectivity index (χ4v) is 1.99. The number of benzene rings is 1. The topological polar surface area (TPSA) is 49.3 Å². The zero-order chi connectivity index (χ0) is 14.1. The molecule has 0 heterocycles. The van der Waals surface area contributed by atoms with Crippen molar-refractivity contribution in [2.75, 3.05) is 13.2 Å². The van der Waals surface area contributed by atoms with Crippen molar-refractivity contribution in [1.82, 2.24) is 5.32 Å². The molecule has 1 rings (SSSR count). The van der Waals surface area contributed by atoms with Crippen molar-refractivity contribution >= 4 is 5.91 Å². The second-order valence-corrected chi connectivity index (χ2v) is 5.27. The Morgan fingerprint density at radius 1 is 1.21 bits per heavy atom. The predicted octanol–water partition coefficient (Wildman–Crippen LogP) is 2.71. The normalized spacial score (nSPS) is 13.8. The van der Waals surface area contributed by atoms with Gasteiger partial charge in [0.2, 0.25) is 5.91 Å². The van der Waals surface area contributed by atoms with Gasteiger partial charge in [-0.15, -0.1) is 0 Å². The van der Waals surface area contributed by atoms with Gasteiger partial charge in [0, 0.05) is 19.6 Å². The molecule has 0 radical (unpaired) electrons. The fourth-order valence-electron chi connectivity index (χ4n) is 1.99. The van der Waals surface area contributed by atoms with E-state index >= 15 is 0 Å². The van der Waals surface area contributed by atoms with Gasteiger partial charge in [-0.1, -0.05) is 44.2 Å². The van der Waals surface area contributed by atoms with E-state index in [0.29, 0.717) is 24.8 Å². The molecule has 0 bridgehead atoms. The summed E-state index contributed by atoms with van der Waals surface area (Å²) < 4.78 is 0. The Labute approximate surface area is 116 Å². The molecule has 2 N–H and O–H groups in total. The Morgan fingerprint density at radius 3 is 2.53 bits per heavy atom. The summed E-state index contributed by atoms with van der Waals surface area (Å²) in [6.45, 7) is 5.02. The molecule has 3 heteroatoms. The first-order valence-electron chi connectivity index (χ1n) is 7.06. The van der Waals surface area contributed by atoms with Crippen LogP contribution in [0.3, 0.4) is 0 Å². The van der Waals surface area contributed by atoms with Gasteiger partial charge in [0.25, 0.3) is 0 Å². The monoisotopic (exact) mass is 263 g/mol. The van der Waals surface area contributed by atoms with Crippen LogP contribution in [0.4, 0.5) is 0 Å². The van der Waals surface area contributed by atoms with Crippen LogP contribution in [-0.2, 0) is 4.79 Å². The second-order valence-electron chi connectivity index (χ2n) is 5.27. The maximum atomic E-state index is 11.7. The molecule has 0 saturated heterocycles. The highest BCUT2D eigenvalue weighted by Crippen LogP contribution is 2.19. The molecule has 0 aliphatic heterocycles. The summed E-state index contributed by atoms with van der Waals surface area (Å²) in [6.07, 6.45) is 2.16. The van der Waals surface area contributed by atoms with E-state index in [1.165, 1.54) is 5.56 Å². The quantitative estimate of drug-likeness (QED) is 0.757. The summed E-state index contributed by atoms with van der Waals surface area (Å²) in [5.74, 6) is 0.842. The van der Waals surface area contributed by atoms with E-state index in [0.717, 1.165) is 12.8 Å². The van der Waals surface area contributed by atoms with E-state index in [1.807, 2.05) is 25.1 Å². The van der Waals surface area contributed by atoms with Crippen LogP contribution < -0.4 is 5.32 Å². The van der Waals surface area contributed by atoms with Crippen LogP contribution in [0.1, 0.15) is 44.6 Å². The number of nitrogens with one attached hydrogen (secondary N) is 1. The van der Waals surface area contributed by atoms with Crippen molar-refractivity contribution < 1.29 is 9.90 Å². The van der Waals surface area contributed by atoms with Gasteiger partial charge in [-0.2, -0.15) is 0 Å². The van der Waals surface area contributed by atoms with Crippen molar-refractivity contribution in [2.45, 2.75) is 39.0 Å². The number of rotatable bonds is 8. The van der Waals surface area contributed by atoms with E-state index in [9.17, 15) is 4.79 Å². The summed E-state index contributed by atoms with van der Waals surface area (Å²) >= 11 is 0. The third kappa shape index (κ3) is 6.39. The van der Waals surface area contributed by atoms with E-state index in [-0.39, 0.29) is 12.5 Å². The summed E-state index contributed by atoms with van der Waals surface area (Å²) in [4.78, 5) is 11.7. The summed E-state index contributed by atoms with van der Waals surface area (Å²) in [5, 5.41) is 11.7. The number of carbonyl (C=O) groups excluding carboxylic acids is 1. The molecule has 0 spiro atoms. The maximum absolute atomic E-state index is 11.7. The smallest absolute Gasteiger partial charge is 0.220 e. The summed E-state index contributed by atoms with van der Waals surface area (Å²) in [5.41, 5.74) is 1.28. The molecule has 1 amide bonds. The first-order valence-corrected chi connectivity index (χ1v) is 7.06. The Morgan fingerprint density at radius 2 is 1.89 bits per heavy atom. The van der Waals surface area contributed by atoms with Crippen molar-refractivity contribution in [3.8, 4) is 0 Å². The number of carbonyl (C=O) groups is 1. The number of amides is 1. The number of hydrogen-bond donors (Lipinski definition) is 2. The molecule has 2 unspecified atom stereocenters. The van der Waals surface area contributed by atoms with Gasteiger partial charge in [0.15, 0.2) is 0 Å². The minimum Gasteiger partial charge on any atom is -0.396 e. The minimum atomic E-state index is 0.104. The van der Waals surface area contributed by atoms with Gasteiger partial charge in [-0.25, -0.2) is 0 Å². The third-order valence-electron chi connectivity index (χ3n) is 3.44. The summed E-state index contributed by atoms with van der Waals surface area (Å²) in [7, 11) is 0. The van der Waals surface area contributed by atoms with Crippen molar-refractivity contribution in [3.05, 3.63) is 35.9 Å². The zero-order valence-corrected chi connectivity index (χ0v) is 11.9. The highest BCUT2D eigenvalue weighted by Gasteiger charge is 2.09. The first-order chi connectivity index (χ1) is 9.13. The molecular weight excluding hydrogens is 238 g/mol. The lowest BCUT2D eigenvalue weighted by atomic mass is 9.96. The van der Waals surface area contributed by atoms with Crippen LogP contribution in [0.25, 0.3) is 0 Å². The Hall–Kier alpha value is -1.35. The molecule has 106 valence electrons. The van der Waals surface area contributed by atoms with E-state index in [4.69, 9.17) is 5.11 Å². The molecule has 0 aliphatic carbocycles. The van der Waals surface area contributed by atoms with Gasteiger partial charge in [0.05, 0.1) is 0 Å². The van der Waals surface area contributed by atoms with Gasteiger partial charge in [-0.3, -0.25) is 4.79 Å². The largest absolute Gasteiger partial charge is 0.396 e. The van der Waals surface area contributed by atoms with Crippen LogP contribution >= 0.6 is 0 Å². The van der Waals surface area contributed by atoms with Crippen LogP contribution in [-0.4, -0.2) is 24.2 Å². The standard InChI is InChI=1S/C16H25NO2/c1-13(10-11-18)12-17-16(19)9-8-14(2)15-6-4-3-5-7-15/h3-7,13-14,18H,8-12H2,1-2H3,(H,17,19). The maximum Gasteiger partial charge on any atom is 0.220 e. The highest BCUT2D eigenvalue weighted by molar-refractivity contribution is 5.75. The number of aliphatic hydroxyl groups excluding tert-OH is 1. The Balaban J connectivity index is 2.23. The van der Waals surface area contributed by atoms with Crippen LogP contribution in [0.5, 0.6) is 0 Å². The molecule has 1 aromatic carbocycles. The molecule has 0 saturated carbocycles. The van der Waals surface area contributed by atoms with Crippen molar-refractivity contribution in [3.63, 3.8) is 0 Å². The first kappa shape index (κ1) is 15.7. The lowest BCUT2D eigenvalue weighted by Gasteiger charge is -2.13. The molecule has 0 aliphatic rings. The van der Waals surface area contributed by atoms with E-state index < -0.39 is 0 Å². The molecule has 1 aromatic rings. The van der Waals surface area contributed by atoms with Crippen molar-refractivity contribution in [2.24, 2.45) is 5.92 Å². The average molecular weight is 263 g/mol. The lowest BCUT2D eigenvalue weighted by Crippen LogP contribution is -2.28. The minimum absolute atomic E-state index is 0.104. The fraction of sp³-hybridized carbons (Fsp3) is 0.562. The van der Waals surface area contributed by atoms with Gasteiger partial charge in [-0.05, 0) is 30.2 Å². The molecule has 19 heavy (non-hydrogen) atoms. The average Bonchev–Trinajstić information content (AvgIpc) is 2.44. The highest BCUT2D eigenvalue weighted by atomic mass is 16.3.